The SMILES string of the molecule is Cn1cc(C(c2ccc([N+](=O)[O-])cc2)c2ccccc2O)c2ccccc21. The van der Waals surface area contributed by atoms with Gasteiger partial charge in [0.05, 0.1) is 4.92 Å². The number of benzene rings is 3. The van der Waals surface area contributed by atoms with Gasteiger partial charge < -0.3 is 9.67 Å². The average Bonchev–Trinajstić information content (AvgIpc) is 3.01. The van der Waals surface area contributed by atoms with Crippen molar-refractivity contribution in [3.05, 3.63) is 106 Å². The predicted molar refractivity (Wildman–Crippen MR) is 105 cm³/mol. The second-order valence-electron chi connectivity index (χ2n) is 6.55. The van der Waals surface area contributed by atoms with E-state index in [9.17, 15) is 15.2 Å². The average molecular weight is 358 g/mol. The number of nitro benzene ring substituents is 1. The quantitative estimate of drug-likeness (QED) is 0.413. The first-order valence-electron chi connectivity index (χ1n) is 8.62. The summed E-state index contributed by atoms with van der Waals surface area (Å²) in [5, 5.41) is 22.6. The molecule has 1 aromatic heterocycles. The lowest BCUT2D eigenvalue weighted by atomic mass is 9.84. The van der Waals surface area contributed by atoms with Crippen molar-refractivity contribution in [1.29, 1.82) is 0 Å². The number of nitrogens with zero attached hydrogens (tertiary/aromatic N) is 2. The van der Waals surface area contributed by atoms with Crippen molar-refractivity contribution in [3.8, 4) is 5.75 Å². The molecule has 0 spiro atoms. The van der Waals surface area contributed by atoms with E-state index in [0.717, 1.165) is 27.6 Å². The van der Waals surface area contributed by atoms with Crippen molar-refractivity contribution in [2.75, 3.05) is 0 Å². The van der Waals surface area contributed by atoms with E-state index >= 15 is 0 Å². The van der Waals surface area contributed by atoms with Crippen LogP contribution in [0.5, 0.6) is 5.75 Å². The molecule has 0 aliphatic carbocycles. The van der Waals surface area contributed by atoms with Crippen LogP contribution in [0.2, 0.25) is 0 Å². The van der Waals surface area contributed by atoms with Gasteiger partial charge in [0.2, 0.25) is 0 Å². The molecule has 4 rings (SSSR count). The first-order valence-corrected chi connectivity index (χ1v) is 8.62. The Kier molecular flexibility index (Phi) is 4.12. The van der Waals surface area contributed by atoms with Gasteiger partial charge in [-0.2, -0.15) is 0 Å². The first-order chi connectivity index (χ1) is 13.1. The molecule has 27 heavy (non-hydrogen) atoms. The highest BCUT2D eigenvalue weighted by atomic mass is 16.6. The molecule has 134 valence electrons. The van der Waals surface area contributed by atoms with Crippen LogP contribution in [0.15, 0.2) is 79.0 Å². The van der Waals surface area contributed by atoms with Crippen molar-refractivity contribution in [2.24, 2.45) is 7.05 Å². The van der Waals surface area contributed by atoms with E-state index in [2.05, 4.69) is 22.9 Å². The maximum atomic E-state index is 11.0. The molecule has 3 aromatic carbocycles. The van der Waals surface area contributed by atoms with Crippen LogP contribution in [0.25, 0.3) is 10.9 Å². The van der Waals surface area contributed by atoms with Crippen LogP contribution < -0.4 is 0 Å². The van der Waals surface area contributed by atoms with E-state index in [1.165, 1.54) is 12.1 Å². The highest BCUT2D eigenvalue weighted by Gasteiger charge is 2.24. The topological polar surface area (TPSA) is 68.3 Å². The van der Waals surface area contributed by atoms with Crippen molar-refractivity contribution in [1.82, 2.24) is 4.57 Å². The molecule has 0 aliphatic rings. The van der Waals surface area contributed by atoms with Gasteiger partial charge in [0.1, 0.15) is 5.75 Å². The smallest absolute Gasteiger partial charge is 0.269 e. The van der Waals surface area contributed by atoms with Crippen LogP contribution in [0, 0.1) is 10.1 Å². The number of rotatable bonds is 4. The van der Waals surface area contributed by atoms with E-state index < -0.39 is 4.92 Å². The second kappa shape index (κ2) is 6.61. The molecule has 0 saturated carbocycles. The normalized spacial score (nSPS) is 12.2. The Morgan fingerprint density at radius 1 is 0.926 bits per heavy atom. The molecule has 0 radical (unpaired) electrons. The van der Waals surface area contributed by atoms with E-state index in [-0.39, 0.29) is 17.4 Å². The minimum absolute atomic E-state index is 0.0488. The molecule has 0 bridgehead atoms. The summed E-state index contributed by atoms with van der Waals surface area (Å²) in [7, 11) is 1.99. The molecule has 1 heterocycles. The van der Waals surface area contributed by atoms with Crippen molar-refractivity contribution in [2.45, 2.75) is 5.92 Å². The largest absolute Gasteiger partial charge is 0.508 e. The molecular weight excluding hydrogens is 340 g/mol. The lowest BCUT2D eigenvalue weighted by Gasteiger charge is -2.19. The van der Waals surface area contributed by atoms with E-state index in [4.69, 9.17) is 0 Å². The summed E-state index contributed by atoms with van der Waals surface area (Å²) in [5.41, 5.74) is 3.84. The summed E-state index contributed by atoms with van der Waals surface area (Å²) in [6.07, 6.45) is 2.06. The predicted octanol–water partition coefficient (Wildman–Crippen LogP) is 4.97. The summed E-state index contributed by atoms with van der Waals surface area (Å²) in [6.45, 7) is 0. The third kappa shape index (κ3) is 2.93. The van der Waals surface area contributed by atoms with Gasteiger partial charge in [-0.25, -0.2) is 0 Å². The number of fused-ring (bicyclic) bond motifs is 1. The van der Waals surface area contributed by atoms with E-state index in [0.29, 0.717) is 0 Å². The van der Waals surface area contributed by atoms with Gasteiger partial charge in [0.25, 0.3) is 5.69 Å². The van der Waals surface area contributed by atoms with Crippen LogP contribution in [0.1, 0.15) is 22.6 Å². The minimum atomic E-state index is -0.406. The summed E-state index contributed by atoms with van der Waals surface area (Å²) in [6, 6.07) is 21.9. The van der Waals surface area contributed by atoms with E-state index in [1.807, 2.05) is 31.3 Å². The number of hydrogen-bond donors (Lipinski definition) is 1. The monoisotopic (exact) mass is 358 g/mol. The third-order valence-electron chi connectivity index (χ3n) is 4.92. The number of phenolic OH excluding ortho intramolecular Hbond substituents is 1. The van der Waals surface area contributed by atoms with Gasteiger partial charge in [-0.15, -0.1) is 0 Å². The van der Waals surface area contributed by atoms with Gasteiger partial charge >= 0.3 is 0 Å². The molecule has 0 amide bonds. The number of phenols is 1. The van der Waals surface area contributed by atoms with Crippen LogP contribution in [0.4, 0.5) is 5.69 Å². The lowest BCUT2D eigenvalue weighted by Crippen LogP contribution is -2.04. The Balaban J connectivity index is 1.96. The number of aromatic hydroxyl groups is 1. The zero-order valence-electron chi connectivity index (χ0n) is 14.7. The zero-order valence-corrected chi connectivity index (χ0v) is 14.7. The fourth-order valence-corrected chi connectivity index (χ4v) is 3.65. The second-order valence-corrected chi connectivity index (χ2v) is 6.55. The minimum Gasteiger partial charge on any atom is -0.508 e. The Hall–Kier alpha value is -3.60. The first kappa shape index (κ1) is 16.8. The fourth-order valence-electron chi connectivity index (χ4n) is 3.65. The van der Waals surface area contributed by atoms with Crippen molar-refractivity contribution >= 4 is 16.6 Å². The Bertz CT molecular complexity index is 1130. The zero-order chi connectivity index (χ0) is 19.0. The number of hydrogen-bond acceptors (Lipinski definition) is 3. The van der Waals surface area contributed by atoms with E-state index in [1.54, 1.807) is 24.3 Å². The van der Waals surface area contributed by atoms with Gasteiger partial charge in [0.15, 0.2) is 0 Å². The maximum Gasteiger partial charge on any atom is 0.269 e. The van der Waals surface area contributed by atoms with Crippen LogP contribution in [0.3, 0.4) is 0 Å². The number of aryl methyl sites for hydroxylation is 1. The molecule has 0 aliphatic heterocycles. The number of aromatic nitrogens is 1. The van der Waals surface area contributed by atoms with Crippen LogP contribution in [-0.2, 0) is 7.05 Å². The highest BCUT2D eigenvalue weighted by Crippen LogP contribution is 2.40. The highest BCUT2D eigenvalue weighted by molar-refractivity contribution is 5.85. The van der Waals surface area contributed by atoms with Gasteiger partial charge in [-0.1, -0.05) is 48.5 Å². The summed E-state index contributed by atoms with van der Waals surface area (Å²) >= 11 is 0. The molecule has 0 saturated heterocycles. The molecule has 5 nitrogen and oxygen atoms in total. The fraction of sp³-hybridized carbons (Fsp3) is 0.0909. The summed E-state index contributed by atoms with van der Waals surface area (Å²) in [5.74, 6) is -0.0353. The number of nitro groups is 1. The van der Waals surface area contributed by atoms with Crippen LogP contribution in [-0.4, -0.2) is 14.6 Å². The van der Waals surface area contributed by atoms with Crippen molar-refractivity contribution in [3.63, 3.8) is 0 Å². The Morgan fingerprint density at radius 3 is 2.30 bits per heavy atom. The Morgan fingerprint density at radius 2 is 1.59 bits per heavy atom. The van der Waals surface area contributed by atoms with Crippen LogP contribution >= 0.6 is 0 Å². The standard InChI is InChI=1S/C22H18N2O3/c1-23-14-19(17-6-2-4-8-20(17)23)22(18-7-3-5-9-21(18)25)15-10-12-16(13-11-15)24(26)27/h2-14,22,25H,1H3. The molecule has 5 heteroatoms. The molecule has 1 unspecified atom stereocenters. The lowest BCUT2D eigenvalue weighted by molar-refractivity contribution is -0.384. The molecule has 1 atom stereocenters. The third-order valence-corrected chi connectivity index (χ3v) is 4.92. The molecule has 1 N–H and O–H groups in total. The molecule has 4 aromatic rings. The van der Waals surface area contributed by atoms with Gasteiger partial charge in [-0.05, 0) is 23.3 Å². The molecular formula is C22H18N2O3. The number of non-ortho nitro benzene ring substituents is 1. The van der Waals surface area contributed by atoms with Crippen molar-refractivity contribution < 1.29 is 10.0 Å². The Labute approximate surface area is 156 Å². The van der Waals surface area contributed by atoms with Gasteiger partial charge in [0, 0.05) is 47.8 Å². The summed E-state index contributed by atoms with van der Waals surface area (Å²) < 4.78 is 2.06. The molecule has 0 fully saturated rings. The van der Waals surface area contributed by atoms with Gasteiger partial charge in [-0.3, -0.25) is 10.1 Å². The summed E-state index contributed by atoms with van der Waals surface area (Å²) in [4.78, 5) is 10.6. The maximum absolute atomic E-state index is 11.0. The number of para-hydroxylation sites is 2.